The van der Waals surface area contributed by atoms with E-state index in [2.05, 4.69) is 32.8 Å². The molecule has 0 aliphatic heterocycles. The van der Waals surface area contributed by atoms with Gasteiger partial charge in [0, 0.05) is 12.1 Å². The summed E-state index contributed by atoms with van der Waals surface area (Å²) in [5.74, 6) is 5.14. The Kier molecular flexibility index (Phi) is 5.97. The molecule has 0 amide bonds. The summed E-state index contributed by atoms with van der Waals surface area (Å²) in [6.45, 7) is 11.8. The first-order valence-corrected chi connectivity index (χ1v) is 12.4. The molecule has 3 heteroatoms. The van der Waals surface area contributed by atoms with E-state index in [0.717, 1.165) is 41.7 Å². The maximum absolute atomic E-state index is 13.4. The van der Waals surface area contributed by atoms with Gasteiger partial charge in [-0.05, 0) is 92.9 Å². The molecule has 3 fully saturated rings. The molecule has 1 heterocycles. The van der Waals surface area contributed by atoms with E-state index in [1.807, 2.05) is 17.8 Å². The number of hydrogen-bond donors (Lipinski definition) is 0. The van der Waals surface area contributed by atoms with Crippen molar-refractivity contribution in [1.29, 1.82) is 0 Å². The van der Waals surface area contributed by atoms with Gasteiger partial charge in [-0.3, -0.25) is 9.48 Å². The first-order valence-electron chi connectivity index (χ1n) is 12.4. The Morgan fingerprint density at radius 1 is 1.14 bits per heavy atom. The molecule has 7 atom stereocenters. The predicted octanol–water partition coefficient (Wildman–Crippen LogP) is 6.36. The lowest BCUT2D eigenvalue weighted by Gasteiger charge is -2.54. The maximum Gasteiger partial charge on any atom is 0.157 e. The molecular formula is C26H42N2O. The number of carbonyl (C=O) groups is 1. The number of rotatable bonds is 6. The van der Waals surface area contributed by atoms with E-state index in [1.54, 1.807) is 0 Å². The highest BCUT2D eigenvalue weighted by Gasteiger charge is 2.57. The van der Waals surface area contributed by atoms with Crippen LogP contribution in [0.15, 0.2) is 6.20 Å². The number of hydrogen-bond acceptors (Lipinski definition) is 2. The molecule has 0 N–H and O–H groups in total. The van der Waals surface area contributed by atoms with E-state index >= 15 is 0 Å². The SMILES string of the molecule is CCCC1C(CC)CCC2C1CCC1(C)C(C(=O)Cn3cc(C)c(C)n3)CCC21. The zero-order valence-corrected chi connectivity index (χ0v) is 19.4. The summed E-state index contributed by atoms with van der Waals surface area (Å²) in [6, 6.07) is 0. The Labute approximate surface area is 178 Å². The standard InChI is InChI=1S/C26H42N2O/c1-6-8-20-19(7-2)9-10-22-21(20)13-14-26(5)23(22)11-12-24(26)25(29)16-28-15-17(3)18(4)27-28/h15,19-24H,6-14,16H2,1-5H3. The monoisotopic (exact) mass is 398 g/mol. The topological polar surface area (TPSA) is 34.9 Å². The van der Waals surface area contributed by atoms with Crippen molar-refractivity contribution in [2.24, 2.45) is 40.9 Å². The quantitative estimate of drug-likeness (QED) is 0.558. The van der Waals surface area contributed by atoms with Crippen molar-refractivity contribution in [1.82, 2.24) is 9.78 Å². The maximum atomic E-state index is 13.4. The minimum Gasteiger partial charge on any atom is -0.297 e. The lowest BCUT2D eigenvalue weighted by molar-refractivity contribution is -0.130. The lowest BCUT2D eigenvalue weighted by atomic mass is 9.50. The second kappa shape index (κ2) is 8.19. The molecule has 0 bridgehead atoms. The van der Waals surface area contributed by atoms with E-state index in [9.17, 15) is 4.79 Å². The zero-order valence-electron chi connectivity index (χ0n) is 19.4. The molecule has 162 valence electrons. The van der Waals surface area contributed by atoms with Gasteiger partial charge in [0.05, 0.1) is 12.2 Å². The highest BCUT2D eigenvalue weighted by atomic mass is 16.1. The van der Waals surface area contributed by atoms with Gasteiger partial charge in [-0.1, -0.05) is 40.0 Å². The second-order valence-corrected chi connectivity index (χ2v) is 10.9. The molecule has 0 radical (unpaired) electrons. The molecule has 1 aromatic heterocycles. The van der Waals surface area contributed by atoms with E-state index in [4.69, 9.17) is 0 Å². The largest absolute Gasteiger partial charge is 0.297 e. The third-order valence-electron chi connectivity index (χ3n) is 9.56. The van der Waals surface area contributed by atoms with Crippen LogP contribution >= 0.6 is 0 Å². The first kappa shape index (κ1) is 21.1. The Balaban J connectivity index is 1.50. The number of ketones is 1. The average Bonchev–Trinajstić information content (AvgIpc) is 3.20. The fourth-order valence-electron chi connectivity index (χ4n) is 8.02. The van der Waals surface area contributed by atoms with Gasteiger partial charge < -0.3 is 0 Å². The summed E-state index contributed by atoms with van der Waals surface area (Å²) in [7, 11) is 0. The number of nitrogens with zero attached hydrogens (tertiary/aromatic N) is 2. The normalized spacial score (nSPS) is 39.2. The molecule has 1 aromatic rings. The second-order valence-electron chi connectivity index (χ2n) is 10.9. The van der Waals surface area contributed by atoms with Crippen LogP contribution in [0.4, 0.5) is 0 Å². The molecule has 3 nitrogen and oxygen atoms in total. The molecular weight excluding hydrogens is 356 g/mol. The Hall–Kier alpha value is -1.12. The number of aryl methyl sites for hydroxylation is 2. The highest BCUT2D eigenvalue weighted by molar-refractivity contribution is 5.82. The van der Waals surface area contributed by atoms with Crippen LogP contribution in [0.25, 0.3) is 0 Å². The fraction of sp³-hybridized carbons (Fsp3) is 0.846. The third-order valence-corrected chi connectivity index (χ3v) is 9.56. The van der Waals surface area contributed by atoms with E-state index in [0.29, 0.717) is 12.3 Å². The summed E-state index contributed by atoms with van der Waals surface area (Å²) < 4.78 is 1.89. The van der Waals surface area contributed by atoms with Crippen molar-refractivity contribution in [3.63, 3.8) is 0 Å². The Bertz CT molecular complexity index is 718. The molecule has 3 aliphatic rings. The van der Waals surface area contributed by atoms with Gasteiger partial charge in [0.25, 0.3) is 0 Å². The van der Waals surface area contributed by atoms with Gasteiger partial charge >= 0.3 is 0 Å². The van der Waals surface area contributed by atoms with Gasteiger partial charge in [-0.2, -0.15) is 5.10 Å². The van der Waals surface area contributed by atoms with E-state index in [1.165, 1.54) is 56.9 Å². The summed E-state index contributed by atoms with van der Waals surface area (Å²) in [4.78, 5) is 13.4. The minimum atomic E-state index is 0.227. The van der Waals surface area contributed by atoms with Crippen LogP contribution in [-0.2, 0) is 11.3 Å². The number of carbonyl (C=O) groups excluding carboxylic acids is 1. The molecule has 29 heavy (non-hydrogen) atoms. The zero-order chi connectivity index (χ0) is 20.8. The summed E-state index contributed by atoms with van der Waals surface area (Å²) in [5, 5.41) is 4.56. The first-order chi connectivity index (χ1) is 13.9. The molecule has 4 rings (SSSR count). The van der Waals surface area contributed by atoms with Crippen molar-refractivity contribution in [3.8, 4) is 0 Å². The van der Waals surface area contributed by atoms with Gasteiger partial charge in [-0.15, -0.1) is 0 Å². The van der Waals surface area contributed by atoms with E-state index < -0.39 is 0 Å². The molecule has 0 saturated heterocycles. The van der Waals surface area contributed by atoms with Gasteiger partial charge in [0.15, 0.2) is 5.78 Å². The van der Waals surface area contributed by atoms with Crippen molar-refractivity contribution in [3.05, 3.63) is 17.5 Å². The van der Waals surface area contributed by atoms with Crippen molar-refractivity contribution in [2.75, 3.05) is 0 Å². The van der Waals surface area contributed by atoms with Crippen molar-refractivity contribution in [2.45, 2.75) is 99.0 Å². The lowest BCUT2D eigenvalue weighted by Crippen LogP contribution is -2.48. The van der Waals surface area contributed by atoms with Crippen LogP contribution in [0.3, 0.4) is 0 Å². The fourth-order valence-corrected chi connectivity index (χ4v) is 8.02. The smallest absolute Gasteiger partial charge is 0.157 e. The van der Waals surface area contributed by atoms with Gasteiger partial charge in [0.2, 0.25) is 0 Å². The van der Waals surface area contributed by atoms with Crippen LogP contribution in [-0.4, -0.2) is 15.6 Å². The van der Waals surface area contributed by atoms with Crippen LogP contribution in [0, 0.1) is 54.8 Å². The summed E-state index contributed by atoms with van der Waals surface area (Å²) in [6.07, 6.45) is 14.0. The molecule has 3 aliphatic carbocycles. The summed E-state index contributed by atoms with van der Waals surface area (Å²) in [5.41, 5.74) is 2.46. The average molecular weight is 399 g/mol. The Morgan fingerprint density at radius 2 is 1.93 bits per heavy atom. The Morgan fingerprint density at radius 3 is 2.59 bits per heavy atom. The van der Waals surface area contributed by atoms with Crippen LogP contribution < -0.4 is 0 Å². The van der Waals surface area contributed by atoms with Crippen LogP contribution in [0.2, 0.25) is 0 Å². The number of fused-ring (bicyclic) bond motifs is 3. The van der Waals surface area contributed by atoms with Gasteiger partial charge in [0.1, 0.15) is 0 Å². The molecule has 0 spiro atoms. The van der Waals surface area contributed by atoms with Crippen molar-refractivity contribution < 1.29 is 4.79 Å². The highest BCUT2D eigenvalue weighted by Crippen LogP contribution is 2.63. The molecule has 7 unspecified atom stereocenters. The van der Waals surface area contributed by atoms with Crippen LogP contribution in [0.1, 0.15) is 89.8 Å². The minimum absolute atomic E-state index is 0.227. The molecule has 0 aromatic carbocycles. The molecule has 3 saturated carbocycles. The van der Waals surface area contributed by atoms with E-state index in [-0.39, 0.29) is 11.3 Å². The van der Waals surface area contributed by atoms with Crippen LogP contribution in [0.5, 0.6) is 0 Å². The number of aromatic nitrogens is 2. The third kappa shape index (κ3) is 3.61. The van der Waals surface area contributed by atoms with Crippen molar-refractivity contribution >= 4 is 5.78 Å². The van der Waals surface area contributed by atoms with Gasteiger partial charge in [-0.25, -0.2) is 0 Å². The predicted molar refractivity (Wildman–Crippen MR) is 119 cm³/mol. The number of Topliss-reactive ketones (excluding diaryl/α,β-unsaturated/α-hetero) is 1. The summed E-state index contributed by atoms with van der Waals surface area (Å²) >= 11 is 0.